The van der Waals surface area contributed by atoms with Gasteiger partial charge in [-0.25, -0.2) is 4.98 Å². The molecule has 0 unspecified atom stereocenters. The minimum atomic E-state index is -0.268. The van der Waals surface area contributed by atoms with Gasteiger partial charge >= 0.3 is 0 Å². The molecule has 3 rings (SSSR count). The molecule has 0 bridgehead atoms. The first kappa shape index (κ1) is 17.7. The standard InChI is InChI=1S/C21H17ClN2O2/c22-18-10-11-20(23-14-18)24-21(25)12-9-16-7-4-8-19(13-16)26-15-17-5-2-1-3-6-17/h1-14H,15H2,(H,23,24,25)/b12-9+. The van der Waals surface area contributed by atoms with E-state index in [1.165, 1.54) is 12.3 Å². The van der Waals surface area contributed by atoms with Crippen LogP contribution in [-0.2, 0) is 11.4 Å². The third-order valence-electron chi connectivity index (χ3n) is 3.51. The molecule has 130 valence electrons. The van der Waals surface area contributed by atoms with Gasteiger partial charge in [-0.15, -0.1) is 0 Å². The van der Waals surface area contributed by atoms with E-state index in [-0.39, 0.29) is 5.91 Å². The van der Waals surface area contributed by atoms with Gasteiger partial charge in [0.1, 0.15) is 18.2 Å². The van der Waals surface area contributed by atoms with Crippen molar-refractivity contribution in [2.75, 3.05) is 5.32 Å². The number of nitrogens with zero attached hydrogens (tertiary/aromatic N) is 1. The molecule has 1 N–H and O–H groups in total. The number of halogens is 1. The zero-order valence-corrected chi connectivity index (χ0v) is 14.7. The molecular weight excluding hydrogens is 348 g/mol. The van der Waals surface area contributed by atoms with Crippen LogP contribution < -0.4 is 10.1 Å². The fourth-order valence-electron chi connectivity index (χ4n) is 2.24. The number of carbonyl (C=O) groups is 1. The van der Waals surface area contributed by atoms with E-state index >= 15 is 0 Å². The predicted molar refractivity (Wildman–Crippen MR) is 104 cm³/mol. The van der Waals surface area contributed by atoms with Crippen molar-refractivity contribution in [3.8, 4) is 5.75 Å². The summed E-state index contributed by atoms with van der Waals surface area (Å²) in [6.07, 6.45) is 4.65. The number of anilines is 1. The highest BCUT2D eigenvalue weighted by Gasteiger charge is 2.00. The molecule has 1 amide bonds. The van der Waals surface area contributed by atoms with Gasteiger partial charge in [0.25, 0.3) is 0 Å². The van der Waals surface area contributed by atoms with E-state index in [2.05, 4.69) is 10.3 Å². The molecule has 4 nitrogen and oxygen atoms in total. The molecule has 26 heavy (non-hydrogen) atoms. The first-order valence-corrected chi connectivity index (χ1v) is 8.44. The highest BCUT2D eigenvalue weighted by atomic mass is 35.5. The van der Waals surface area contributed by atoms with Crippen molar-refractivity contribution in [3.05, 3.63) is 95.2 Å². The highest BCUT2D eigenvalue weighted by Crippen LogP contribution is 2.16. The molecule has 0 saturated heterocycles. The zero-order chi connectivity index (χ0) is 18.2. The molecule has 0 saturated carbocycles. The number of amides is 1. The summed E-state index contributed by atoms with van der Waals surface area (Å²) in [6, 6.07) is 20.8. The zero-order valence-electron chi connectivity index (χ0n) is 13.9. The van der Waals surface area contributed by atoms with E-state index in [1.54, 1.807) is 18.2 Å². The van der Waals surface area contributed by atoms with Crippen molar-refractivity contribution in [1.29, 1.82) is 0 Å². The van der Waals surface area contributed by atoms with Crippen LogP contribution in [0.1, 0.15) is 11.1 Å². The van der Waals surface area contributed by atoms with Crippen LogP contribution in [0, 0.1) is 0 Å². The van der Waals surface area contributed by atoms with Crippen LogP contribution in [0.3, 0.4) is 0 Å². The average Bonchev–Trinajstić information content (AvgIpc) is 2.68. The second kappa shape index (κ2) is 8.83. The van der Waals surface area contributed by atoms with Crippen molar-refractivity contribution < 1.29 is 9.53 Å². The number of rotatable bonds is 6. The molecule has 1 aromatic heterocycles. The minimum Gasteiger partial charge on any atom is -0.489 e. The van der Waals surface area contributed by atoms with E-state index in [0.29, 0.717) is 17.4 Å². The monoisotopic (exact) mass is 364 g/mol. The molecule has 5 heteroatoms. The fourth-order valence-corrected chi connectivity index (χ4v) is 2.35. The van der Waals surface area contributed by atoms with E-state index in [0.717, 1.165) is 16.9 Å². The van der Waals surface area contributed by atoms with Crippen molar-refractivity contribution >= 4 is 29.4 Å². The average molecular weight is 365 g/mol. The molecule has 1 heterocycles. The second-order valence-electron chi connectivity index (χ2n) is 5.53. The van der Waals surface area contributed by atoms with Gasteiger partial charge in [0.05, 0.1) is 5.02 Å². The van der Waals surface area contributed by atoms with Crippen LogP contribution in [-0.4, -0.2) is 10.9 Å². The molecule has 2 aromatic carbocycles. The lowest BCUT2D eigenvalue weighted by Gasteiger charge is -2.07. The van der Waals surface area contributed by atoms with Crippen molar-refractivity contribution in [1.82, 2.24) is 4.98 Å². The number of hydrogen-bond acceptors (Lipinski definition) is 3. The number of aromatic nitrogens is 1. The van der Waals surface area contributed by atoms with Crippen molar-refractivity contribution in [2.45, 2.75) is 6.61 Å². The molecule has 0 atom stereocenters. The van der Waals surface area contributed by atoms with Crippen LogP contribution in [0.2, 0.25) is 5.02 Å². The number of carbonyl (C=O) groups excluding carboxylic acids is 1. The number of benzene rings is 2. The normalized spacial score (nSPS) is 10.7. The van der Waals surface area contributed by atoms with Gasteiger partial charge in [0, 0.05) is 12.3 Å². The molecule has 3 aromatic rings. The predicted octanol–water partition coefficient (Wildman–Crippen LogP) is 4.97. The number of pyridine rings is 1. The van der Waals surface area contributed by atoms with Gasteiger partial charge in [0.2, 0.25) is 5.91 Å². The first-order valence-electron chi connectivity index (χ1n) is 8.06. The maximum Gasteiger partial charge on any atom is 0.249 e. The van der Waals surface area contributed by atoms with Crippen LogP contribution in [0.4, 0.5) is 5.82 Å². The van der Waals surface area contributed by atoms with Crippen LogP contribution in [0.25, 0.3) is 6.08 Å². The van der Waals surface area contributed by atoms with Gasteiger partial charge in [-0.2, -0.15) is 0 Å². The summed E-state index contributed by atoms with van der Waals surface area (Å²) in [5, 5.41) is 3.19. The topological polar surface area (TPSA) is 51.2 Å². The maximum absolute atomic E-state index is 12.0. The Hall–Kier alpha value is -3.11. The van der Waals surface area contributed by atoms with Crippen molar-refractivity contribution in [2.24, 2.45) is 0 Å². The summed E-state index contributed by atoms with van der Waals surface area (Å²) in [4.78, 5) is 16.0. The summed E-state index contributed by atoms with van der Waals surface area (Å²) in [5.41, 5.74) is 1.97. The summed E-state index contributed by atoms with van der Waals surface area (Å²) >= 11 is 5.77. The summed E-state index contributed by atoms with van der Waals surface area (Å²) in [5.74, 6) is 0.926. The summed E-state index contributed by atoms with van der Waals surface area (Å²) in [6.45, 7) is 0.497. The van der Waals surface area contributed by atoms with Crippen molar-refractivity contribution in [3.63, 3.8) is 0 Å². The smallest absolute Gasteiger partial charge is 0.249 e. The van der Waals surface area contributed by atoms with E-state index in [9.17, 15) is 4.79 Å². The Morgan fingerprint density at radius 3 is 2.69 bits per heavy atom. The third-order valence-corrected chi connectivity index (χ3v) is 3.74. The highest BCUT2D eigenvalue weighted by molar-refractivity contribution is 6.30. The van der Waals surface area contributed by atoms with Gasteiger partial charge in [0.15, 0.2) is 0 Å². The quantitative estimate of drug-likeness (QED) is 0.628. The Balaban J connectivity index is 1.58. The Bertz CT molecular complexity index is 893. The van der Waals surface area contributed by atoms with Crippen LogP contribution in [0.5, 0.6) is 5.75 Å². The van der Waals surface area contributed by atoms with Gasteiger partial charge < -0.3 is 10.1 Å². The lowest BCUT2D eigenvalue weighted by atomic mass is 10.2. The number of nitrogens with one attached hydrogen (secondary N) is 1. The minimum absolute atomic E-state index is 0.268. The third kappa shape index (κ3) is 5.46. The number of hydrogen-bond donors (Lipinski definition) is 1. The Kier molecular flexibility index (Phi) is 6.01. The lowest BCUT2D eigenvalue weighted by molar-refractivity contribution is -0.111. The van der Waals surface area contributed by atoms with E-state index < -0.39 is 0 Å². The van der Waals surface area contributed by atoms with Gasteiger partial charge in [-0.05, 0) is 41.5 Å². The molecule has 0 spiro atoms. The lowest BCUT2D eigenvalue weighted by Crippen LogP contribution is -2.08. The fraction of sp³-hybridized carbons (Fsp3) is 0.0476. The second-order valence-corrected chi connectivity index (χ2v) is 5.97. The molecule has 0 aliphatic heterocycles. The van der Waals surface area contributed by atoms with E-state index in [4.69, 9.17) is 16.3 Å². The first-order chi connectivity index (χ1) is 12.7. The molecule has 0 radical (unpaired) electrons. The van der Waals surface area contributed by atoms with Crippen LogP contribution in [0.15, 0.2) is 79.0 Å². The SMILES string of the molecule is O=C(/C=C/c1cccc(OCc2ccccc2)c1)Nc1ccc(Cl)cn1. The molecular formula is C21H17ClN2O2. The van der Waals surface area contributed by atoms with Gasteiger partial charge in [-0.1, -0.05) is 54.1 Å². The van der Waals surface area contributed by atoms with E-state index in [1.807, 2.05) is 54.6 Å². The summed E-state index contributed by atoms with van der Waals surface area (Å²) < 4.78 is 5.79. The largest absolute Gasteiger partial charge is 0.489 e. The summed E-state index contributed by atoms with van der Waals surface area (Å²) in [7, 11) is 0. The molecule has 0 fully saturated rings. The molecule has 0 aliphatic rings. The Morgan fingerprint density at radius 2 is 1.92 bits per heavy atom. The Morgan fingerprint density at radius 1 is 1.08 bits per heavy atom. The van der Waals surface area contributed by atoms with Gasteiger partial charge in [-0.3, -0.25) is 4.79 Å². The number of ether oxygens (including phenoxy) is 1. The maximum atomic E-state index is 12.0. The Labute approximate surface area is 157 Å². The molecule has 0 aliphatic carbocycles. The van der Waals surface area contributed by atoms with Crippen LogP contribution >= 0.6 is 11.6 Å².